The van der Waals surface area contributed by atoms with Crippen LogP contribution in [0.1, 0.15) is 20.3 Å². The van der Waals surface area contributed by atoms with Crippen molar-refractivity contribution in [3.05, 3.63) is 12.3 Å². The zero-order valence-corrected chi connectivity index (χ0v) is 8.54. The lowest BCUT2D eigenvalue weighted by Crippen LogP contribution is -2.22. The van der Waals surface area contributed by atoms with Gasteiger partial charge in [0, 0.05) is 25.5 Å². The van der Waals surface area contributed by atoms with Crippen LogP contribution in [0.15, 0.2) is 17.3 Å². The van der Waals surface area contributed by atoms with Crippen LogP contribution in [-0.2, 0) is 0 Å². The number of hydrogen-bond donors (Lipinski definition) is 0. The normalized spacial score (nSPS) is 15.3. The van der Waals surface area contributed by atoms with Crippen LogP contribution in [0.3, 0.4) is 0 Å². The van der Waals surface area contributed by atoms with Crippen LogP contribution >= 0.6 is 0 Å². The number of hydrogen-bond acceptors (Lipinski definition) is 2. The van der Waals surface area contributed by atoms with E-state index in [0.29, 0.717) is 0 Å². The first-order valence-corrected chi connectivity index (χ1v) is 4.36. The average Bonchev–Trinajstić information content (AvgIpc) is 2.09. The molecule has 0 aliphatic carbocycles. The lowest BCUT2D eigenvalue weighted by atomic mass is 10.4. The molecule has 0 aromatic carbocycles. The molecular weight excluding hydrogens is 193 g/mol. The Labute approximate surface area is 82.1 Å². The minimum atomic E-state index is -4.26. The van der Waals surface area contributed by atoms with Crippen LogP contribution in [0.25, 0.3) is 0 Å². The van der Waals surface area contributed by atoms with Crippen molar-refractivity contribution < 1.29 is 13.2 Å². The number of aliphatic imine (C=N–C) groups is 1. The van der Waals surface area contributed by atoms with Gasteiger partial charge in [0.25, 0.3) is 0 Å². The molecule has 2 nitrogen and oxygen atoms in total. The molecule has 0 N–H and O–H groups in total. The third kappa shape index (κ3) is 6.51. The molecule has 0 rings (SSSR count). The summed E-state index contributed by atoms with van der Waals surface area (Å²) in [5.41, 5.74) is 0. The fourth-order valence-corrected chi connectivity index (χ4v) is 0.690. The summed E-state index contributed by atoms with van der Waals surface area (Å²) >= 11 is 0. The fraction of sp³-hybridized carbons (Fsp3) is 0.667. The van der Waals surface area contributed by atoms with E-state index in [9.17, 15) is 13.2 Å². The second-order valence-corrected chi connectivity index (χ2v) is 2.89. The van der Waals surface area contributed by atoms with E-state index in [1.807, 2.05) is 6.92 Å². The summed E-state index contributed by atoms with van der Waals surface area (Å²) in [5, 5.41) is 0. The van der Waals surface area contributed by atoms with Gasteiger partial charge in [0.05, 0.1) is 0 Å². The zero-order chi connectivity index (χ0) is 11.2. The molecule has 0 spiro atoms. The van der Waals surface area contributed by atoms with Crippen molar-refractivity contribution in [3.8, 4) is 0 Å². The second kappa shape index (κ2) is 5.67. The molecule has 0 amide bonds. The first-order chi connectivity index (χ1) is 6.37. The molecule has 14 heavy (non-hydrogen) atoms. The Morgan fingerprint density at radius 1 is 1.43 bits per heavy atom. The lowest BCUT2D eigenvalue weighted by Gasteiger charge is -2.19. The van der Waals surface area contributed by atoms with Gasteiger partial charge in [-0.2, -0.15) is 13.2 Å². The number of nitrogens with zero attached hydrogens (tertiary/aromatic N) is 2. The summed E-state index contributed by atoms with van der Waals surface area (Å²) in [5.74, 6) is 0. The third-order valence-corrected chi connectivity index (χ3v) is 1.59. The molecule has 1 atom stereocenters. The Kier molecular flexibility index (Phi) is 5.27. The second-order valence-electron chi connectivity index (χ2n) is 2.89. The molecule has 0 fully saturated rings. The van der Waals surface area contributed by atoms with Gasteiger partial charge in [0.2, 0.25) is 0 Å². The highest BCUT2D eigenvalue weighted by atomic mass is 19.4. The molecule has 0 radical (unpaired) electrons. The largest absolute Gasteiger partial charge is 0.411 e. The van der Waals surface area contributed by atoms with Crippen LogP contribution in [0, 0.1) is 0 Å². The van der Waals surface area contributed by atoms with Crippen molar-refractivity contribution in [2.24, 2.45) is 4.99 Å². The smallest absolute Gasteiger partial charge is 0.359 e. The van der Waals surface area contributed by atoms with Crippen molar-refractivity contribution in [2.75, 3.05) is 7.05 Å². The summed E-state index contributed by atoms with van der Waals surface area (Å²) in [4.78, 5) is 5.43. The molecule has 0 saturated carbocycles. The van der Waals surface area contributed by atoms with Crippen molar-refractivity contribution in [1.82, 2.24) is 4.90 Å². The van der Waals surface area contributed by atoms with E-state index in [1.165, 1.54) is 4.90 Å². The highest BCUT2D eigenvalue weighted by Crippen LogP contribution is 2.16. The van der Waals surface area contributed by atoms with Crippen molar-refractivity contribution in [2.45, 2.75) is 32.6 Å². The summed E-state index contributed by atoms with van der Waals surface area (Å²) in [6.45, 7) is 3.65. The van der Waals surface area contributed by atoms with Crippen molar-refractivity contribution in [1.29, 1.82) is 0 Å². The summed E-state index contributed by atoms with van der Waals surface area (Å²) in [7, 11) is 1.56. The molecule has 1 unspecified atom stereocenters. The van der Waals surface area contributed by atoms with Gasteiger partial charge in [-0.05, 0) is 13.3 Å². The maximum Gasteiger partial charge on any atom is 0.411 e. The quantitative estimate of drug-likeness (QED) is 0.648. The predicted octanol–water partition coefficient (Wildman–Crippen LogP) is 2.82. The maximum atomic E-state index is 11.8. The van der Waals surface area contributed by atoms with Gasteiger partial charge in [-0.25, -0.2) is 0 Å². The molecule has 0 aliphatic heterocycles. The van der Waals surface area contributed by atoms with Gasteiger partial charge in [-0.1, -0.05) is 6.92 Å². The highest BCUT2D eigenvalue weighted by Gasteiger charge is 2.22. The molecule has 0 bridgehead atoms. The fourth-order valence-electron chi connectivity index (χ4n) is 0.690. The van der Waals surface area contributed by atoms with Crippen LogP contribution in [0.5, 0.6) is 0 Å². The van der Waals surface area contributed by atoms with Crippen molar-refractivity contribution in [3.63, 3.8) is 0 Å². The summed E-state index contributed by atoms with van der Waals surface area (Å²) < 4.78 is 35.3. The minimum absolute atomic E-state index is 0.199. The van der Waals surface area contributed by atoms with E-state index in [1.54, 1.807) is 20.2 Å². The monoisotopic (exact) mass is 208 g/mol. The standard InChI is InChI=1S/C9H15F3N2/c1-4-6-13-8(2)14(3)7-5-9(10,11)12/h5-8H,4H2,1-3H3/b7-5+,13-6?. The van der Waals surface area contributed by atoms with Gasteiger partial charge in [-0.15, -0.1) is 0 Å². The number of rotatable bonds is 4. The number of allylic oxidation sites excluding steroid dienone is 1. The Morgan fingerprint density at radius 2 is 2.00 bits per heavy atom. The lowest BCUT2D eigenvalue weighted by molar-refractivity contribution is -0.0807. The van der Waals surface area contributed by atoms with Crippen LogP contribution in [-0.4, -0.2) is 30.5 Å². The Bertz CT molecular complexity index is 209. The van der Waals surface area contributed by atoms with Gasteiger partial charge in [0.15, 0.2) is 0 Å². The molecule has 0 aliphatic rings. The van der Waals surface area contributed by atoms with Gasteiger partial charge in [0.1, 0.15) is 6.17 Å². The summed E-state index contributed by atoms with van der Waals surface area (Å²) in [6.07, 6.45) is -0.886. The van der Waals surface area contributed by atoms with Crippen LogP contribution < -0.4 is 0 Å². The first kappa shape index (κ1) is 13.0. The molecule has 82 valence electrons. The van der Waals surface area contributed by atoms with Gasteiger partial charge >= 0.3 is 6.18 Å². The topological polar surface area (TPSA) is 15.6 Å². The molecular formula is C9H15F3N2. The number of alkyl halides is 3. The zero-order valence-electron chi connectivity index (χ0n) is 8.54. The van der Waals surface area contributed by atoms with Crippen molar-refractivity contribution >= 4 is 6.21 Å². The number of halogens is 3. The van der Waals surface area contributed by atoms with Crippen LogP contribution in [0.4, 0.5) is 13.2 Å². The molecule has 0 heterocycles. The van der Waals surface area contributed by atoms with E-state index in [4.69, 9.17) is 0 Å². The van der Waals surface area contributed by atoms with E-state index in [0.717, 1.165) is 12.6 Å². The van der Waals surface area contributed by atoms with E-state index in [-0.39, 0.29) is 12.2 Å². The van der Waals surface area contributed by atoms with E-state index < -0.39 is 6.18 Å². The Morgan fingerprint density at radius 3 is 2.43 bits per heavy atom. The SMILES string of the molecule is CCC=NC(C)N(C)/C=C/C(F)(F)F. The predicted molar refractivity (Wildman–Crippen MR) is 51.2 cm³/mol. The maximum absolute atomic E-state index is 11.8. The summed E-state index contributed by atoms with van der Waals surface area (Å²) in [6, 6.07) is 0. The average molecular weight is 208 g/mol. The van der Waals surface area contributed by atoms with Crippen LogP contribution in [0.2, 0.25) is 0 Å². The highest BCUT2D eigenvalue weighted by molar-refractivity contribution is 5.56. The molecule has 0 aromatic heterocycles. The molecule has 0 saturated heterocycles. The first-order valence-electron chi connectivity index (χ1n) is 4.36. The Balaban J connectivity index is 4.14. The third-order valence-electron chi connectivity index (χ3n) is 1.59. The van der Waals surface area contributed by atoms with Gasteiger partial charge < -0.3 is 4.90 Å². The molecule has 5 heteroatoms. The van der Waals surface area contributed by atoms with E-state index >= 15 is 0 Å². The van der Waals surface area contributed by atoms with Gasteiger partial charge in [-0.3, -0.25) is 4.99 Å². The minimum Gasteiger partial charge on any atom is -0.359 e. The molecule has 0 aromatic rings. The van der Waals surface area contributed by atoms with E-state index in [2.05, 4.69) is 4.99 Å². The Hall–Kier alpha value is -1.00.